The Labute approximate surface area is 219 Å². The van der Waals surface area contributed by atoms with E-state index in [1.165, 1.54) is 0 Å². The zero-order chi connectivity index (χ0) is 26.8. The van der Waals surface area contributed by atoms with E-state index in [2.05, 4.69) is 4.90 Å². The van der Waals surface area contributed by atoms with Crippen molar-refractivity contribution in [1.82, 2.24) is 19.6 Å². The molecule has 3 aliphatic rings. The maximum Gasteiger partial charge on any atom is 0.410 e. The summed E-state index contributed by atoms with van der Waals surface area (Å²) in [7, 11) is 0. The van der Waals surface area contributed by atoms with Crippen LogP contribution in [0.25, 0.3) is 0 Å². The summed E-state index contributed by atoms with van der Waals surface area (Å²) in [4.78, 5) is 44.9. The molecule has 12 heteroatoms. The van der Waals surface area contributed by atoms with Gasteiger partial charge in [-0.3, -0.25) is 24.8 Å². The van der Waals surface area contributed by atoms with E-state index in [9.17, 15) is 14.4 Å². The summed E-state index contributed by atoms with van der Waals surface area (Å²) in [5.41, 5.74) is 5.57. The second-order valence-corrected chi connectivity index (χ2v) is 10.0. The first kappa shape index (κ1) is 29.0. The number of rotatable bonds is 12. The summed E-state index contributed by atoms with van der Waals surface area (Å²) >= 11 is 0. The van der Waals surface area contributed by atoms with E-state index in [-0.39, 0.29) is 37.8 Å². The van der Waals surface area contributed by atoms with Crippen LogP contribution in [0, 0.1) is 11.3 Å². The fourth-order valence-electron chi connectivity index (χ4n) is 5.41. The van der Waals surface area contributed by atoms with E-state index >= 15 is 0 Å². The van der Waals surface area contributed by atoms with Gasteiger partial charge in [-0.15, -0.1) is 0 Å². The van der Waals surface area contributed by atoms with E-state index in [4.69, 9.17) is 25.4 Å². The van der Waals surface area contributed by atoms with E-state index < -0.39 is 18.0 Å². The molecule has 3 fully saturated rings. The zero-order valence-corrected chi connectivity index (χ0v) is 22.4. The van der Waals surface area contributed by atoms with Crippen LogP contribution in [0.15, 0.2) is 0 Å². The van der Waals surface area contributed by atoms with Gasteiger partial charge in [0, 0.05) is 52.4 Å². The second-order valence-electron chi connectivity index (χ2n) is 10.0. The quantitative estimate of drug-likeness (QED) is 0.162. The van der Waals surface area contributed by atoms with Gasteiger partial charge in [0.05, 0.1) is 26.2 Å². The lowest BCUT2D eigenvalue weighted by Gasteiger charge is -2.38. The Morgan fingerprint density at radius 1 is 1.08 bits per heavy atom. The highest BCUT2D eigenvalue weighted by Gasteiger charge is 2.36. The minimum Gasteiger partial charge on any atom is -0.466 e. The first-order valence-corrected chi connectivity index (χ1v) is 13.6. The molecule has 0 radical (unpaired) electrons. The molecule has 3 aliphatic heterocycles. The van der Waals surface area contributed by atoms with Crippen LogP contribution in [0.2, 0.25) is 0 Å². The van der Waals surface area contributed by atoms with Gasteiger partial charge in [0.2, 0.25) is 0 Å². The average Bonchev–Trinajstić information content (AvgIpc) is 3.22. The van der Waals surface area contributed by atoms with Crippen molar-refractivity contribution in [3.63, 3.8) is 0 Å². The van der Waals surface area contributed by atoms with E-state index in [0.29, 0.717) is 51.7 Å². The smallest absolute Gasteiger partial charge is 0.410 e. The Morgan fingerprint density at radius 3 is 2.38 bits per heavy atom. The third-order valence-corrected chi connectivity index (χ3v) is 7.48. The topological polar surface area (TPSA) is 142 Å². The molecule has 2 atom stereocenters. The summed E-state index contributed by atoms with van der Waals surface area (Å²) < 4.78 is 15.9. The number of piperidine rings is 1. The van der Waals surface area contributed by atoms with Crippen LogP contribution in [0.5, 0.6) is 0 Å². The molecule has 12 nitrogen and oxygen atoms in total. The van der Waals surface area contributed by atoms with E-state index in [1.54, 1.807) is 13.8 Å². The Hall–Kier alpha value is -2.60. The lowest BCUT2D eigenvalue weighted by molar-refractivity contribution is -0.157. The molecule has 0 aliphatic carbocycles. The largest absolute Gasteiger partial charge is 0.466 e. The van der Waals surface area contributed by atoms with E-state index in [0.717, 1.165) is 38.8 Å². The van der Waals surface area contributed by atoms with Gasteiger partial charge < -0.3 is 29.7 Å². The number of likely N-dealkylation sites (tertiary alicyclic amines) is 1. The van der Waals surface area contributed by atoms with Gasteiger partial charge in [-0.05, 0) is 45.4 Å². The SMILES string of the molecule is CCOC(=O)CC(C(=O)OCC)N1CCN(CC2CN(CCCC3CCN(C(=N)N)CC3)C(=O)O2)CC1. The number of carbonyl (C=O) groups excluding carboxylic acids is 3. The number of nitrogens with two attached hydrogens (primary N) is 1. The van der Waals surface area contributed by atoms with Crippen molar-refractivity contribution in [2.75, 3.05) is 72.1 Å². The lowest BCUT2D eigenvalue weighted by Crippen LogP contribution is -2.54. The van der Waals surface area contributed by atoms with Crippen LogP contribution in [-0.4, -0.2) is 128 Å². The lowest BCUT2D eigenvalue weighted by atomic mass is 9.92. The van der Waals surface area contributed by atoms with Crippen LogP contribution in [0.4, 0.5) is 4.79 Å². The van der Waals surface area contributed by atoms with Crippen molar-refractivity contribution in [3.8, 4) is 0 Å². The number of ether oxygens (including phenoxy) is 3. The molecule has 0 aromatic rings. The molecule has 0 saturated carbocycles. The minimum atomic E-state index is -0.643. The van der Waals surface area contributed by atoms with Gasteiger partial charge in [-0.2, -0.15) is 0 Å². The minimum absolute atomic E-state index is 0.0162. The monoisotopic (exact) mass is 524 g/mol. The summed E-state index contributed by atoms with van der Waals surface area (Å²) in [6.07, 6.45) is 3.66. The number of hydrogen-bond donors (Lipinski definition) is 2. The molecular weight excluding hydrogens is 480 g/mol. The van der Waals surface area contributed by atoms with Gasteiger partial charge in [0.15, 0.2) is 5.96 Å². The molecule has 0 aromatic carbocycles. The first-order valence-electron chi connectivity index (χ1n) is 13.6. The highest BCUT2D eigenvalue weighted by atomic mass is 16.6. The number of esters is 2. The predicted octanol–water partition coefficient (Wildman–Crippen LogP) is 0.695. The van der Waals surface area contributed by atoms with Crippen molar-refractivity contribution < 1.29 is 28.6 Å². The first-order chi connectivity index (χ1) is 17.8. The van der Waals surface area contributed by atoms with Gasteiger partial charge in [-0.1, -0.05) is 0 Å². The normalized spacial score (nSPS) is 22.5. The fourth-order valence-corrected chi connectivity index (χ4v) is 5.41. The molecule has 210 valence electrons. The predicted molar refractivity (Wildman–Crippen MR) is 137 cm³/mol. The third kappa shape index (κ3) is 8.74. The number of cyclic esters (lactones) is 1. The molecule has 2 unspecified atom stereocenters. The summed E-state index contributed by atoms with van der Waals surface area (Å²) in [6.45, 7) is 10.3. The Bertz CT molecular complexity index is 782. The number of carbonyl (C=O) groups is 3. The number of amides is 1. The standard InChI is InChI=1S/C25H44N6O6/c1-3-35-22(32)16-21(23(33)36-4-2)29-14-12-28(13-15-29)17-20-18-31(25(34)37-20)9-5-6-19-7-10-30(11-8-19)24(26)27/h19-21H,3-18H2,1-2H3,(H3,26,27). The molecule has 3 saturated heterocycles. The number of hydrogen-bond acceptors (Lipinski definition) is 9. The maximum absolute atomic E-state index is 12.5. The molecule has 0 aromatic heterocycles. The van der Waals surface area contributed by atoms with Crippen LogP contribution in [-0.2, 0) is 23.8 Å². The van der Waals surface area contributed by atoms with Crippen molar-refractivity contribution in [1.29, 1.82) is 5.41 Å². The molecule has 0 spiro atoms. The van der Waals surface area contributed by atoms with Crippen LogP contribution in [0.3, 0.4) is 0 Å². The molecule has 3 heterocycles. The third-order valence-electron chi connectivity index (χ3n) is 7.48. The Kier molecular flexibility index (Phi) is 11.2. The van der Waals surface area contributed by atoms with Crippen LogP contribution < -0.4 is 5.73 Å². The highest BCUT2D eigenvalue weighted by Crippen LogP contribution is 2.23. The molecule has 1 amide bonds. The van der Waals surface area contributed by atoms with Crippen LogP contribution >= 0.6 is 0 Å². The van der Waals surface area contributed by atoms with Crippen molar-refractivity contribution in [3.05, 3.63) is 0 Å². The maximum atomic E-state index is 12.5. The number of guanidine groups is 1. The van der Waals surface area contributed by atoms with Gasteiger partial charge in [-0.25, -0.2) is 4.79 Å². The van der Waals surface area contributed by atoms with Crippen molar-refractivity contribution in [2.24, 2.45) is 11.7 Å². The zero-order valence-electron chi connectivity index (χ0n) is 22.4. The van der Waals surface area contributed by atoms with Crippen molar-refractivity contribution in [2.45, 2.75) is 58.1 Å². The Morgan fingerprint density at radius 2 is 1.76 bits per heavy atom. The molecule has 0 bridgehead atoms. The van der Waals surface area contributed by atoms with Gasteiger partial charge >= 0.3 is 18.0 Å². The average molecular weight is 525 g/mol. The Balaban J connectivity index is 1.37. The number of piperazine rings is 1. The molecule has 3 N–H and O–H groups in total. The van der Waals surface area contributed by atoms with Crippen LogP contribution in [0.1, 0.15) is 46.0 Å². The second kappa shape index (κ2) is 14.4. The summed E-state index contributed by atoms with van der Waals surface area (Å²) in [5, 5.41) is 7.54. The highest BCUT2D eigenvalue weighted by molar-refractivity contribution is 5.82. The van der Waals surface area contributed by atoms with Crippen molar-refractivity contribution >= 4 is 24.0 Å². The number of nitrogens with zero attached hydrogens (tertiary/aromatic N) is 4. The van der Waals surface area contributed by atoms with E-state index in [1.807, 2.05) is 14.7 Å². The van der Waals surface area contributed by atoms with Gasteiger partial charge in [0.25, 0.3) is 0 Å². The molecule has 37 heavy (non-hydrogen) atoms. The summed E-state index contributed by atoms with van der Waals surface area (Å²) in [5.74, 6) is -0.0268. The number of nitrogens with one attached hydrogen (secondary N) is 1. The van der Waals surface area contributed by atoms with Gasteiger partial charge in [0.1, 0.15) is 12.1 Å². The molecule has 3 rings (SSSR count). The fraction of sp³-hybridized carbons (Fsp3) is 0.840. The summed E-state index contributed by atoms with van der Waals surface area (Å²) in [6, 6.07) is -0.643. The molecular formula is C25H44N6O6.